The molecule has 2 unspecified atom stereocenters. The number of anilines is 1. The van der Waals surface area contributed by atoms with Gasteiger partial charge in [-0.15, -0.1) is 0 Å². The van der Waals surface area contributed by atoms with Crippen molar-refractivity contribution in [2.45, 2.75) is 26.3 Å². The van der Waals surface area contributed by atoms with E-state index in [4.69, 9.17) is 9.47 Å². The number of carbonyl (C=O) groups excluding carboxylic acids is 2. The molecule has 0 bridgehead atoms. The number of carbonyl (C=O) groups is 2. The molecule has 140 valence electrons. The molecular formula is C21H22N2O4. The second kappa shape index (κ2) is 7.31. The maximum absolute atomic E-state index is 12.3. The third-order valence-electron chi connectivity index (χ3n) is 5.00. The van der Waals surface area contributed by atoms with Gasteiger partial charge in [-0.05, 0) is 48.2 Å². The van der Waals surface area contributed by atoms with E-state index in [1.807, 2.05) is 42.5 Å². The van der Waals surface area contributed by atoms with Crippen LogP contribution in [-0.2, 0) is 22.6 Å². The van der Waals surface area contributed by atoms with Crippen molar-refractivity contribution in [3.8, 4) is 11.5 Å². The number of amides is 2. The molecule has 1 saturated carbocycles. The van der Waals surface area contributed by atoms with Crippen molar-refractivity contribution in [3.05, 3.63) is 53.6 Å². The standard InChI is InChI=1S/C21H22N2O4/c1-2-13-3-6-15(7-4-13)23-21(25)17-10-16(17)20(24)22-11-14-5-8-18-19(9-14)27-12-26-18/h3-9,16-17H,2,10-12H2,1H3,(H,22,24)(H,23,25). The molecule has 6 nitrogen and oxygen atoms in total. The van der Waals surface area contributed by atoms with Gasteiger partial charge in [0, 0.05) is 12.2 Å². The van der Waals surface area contributed by atoms with Gasteiger partial charge in [-0.3, -0.25) is 9.59 Å². The molecule has 2 aliphatic rings. The van der Waals surface area contributed by atoms with Gasteiger partial charge in [0.25, 0.3) is 0 Å². The molecule has 2 N–H and O–H groups in total. The van der Waals surface area contributed by atoms with E-state index in [0.29, 0.717) is 18.7 Å². The van der Waals surface area contributed by atoms with Crippen molar-refractivity contribution >= 4 is 17.5 Å². The van der Waals surface area contributed by atoms with Crippen molar-refractivity contribution in [1.82, 2.24) is 5.32 Å². The minimum Gasteiger partial charge on any atom is -0.454 e. The number of aryl methyl sites for hydroxylation is 1. The molecule has 27 heavy (non-hydrogen) atoms. The molecule has 0 saturated heterocycles. The maximum atomic E-state index is 12.3. The van der Waals surface area contributed by atoms with Gasteiger partial charge in [-0.2, -0.15) is 0 Å². The lowest BCUT2D eigenvalue weighted by atomic mass is 10.1. The Labute approximate surface area is 157 Å². The third kappa shape index (κ3) is 3.89. The quantitative estimate of drug-likeness (QED) is 0.824. The highest BCUT2D eigenvalue weighted by Crippen LogP contribution is 2.39. The first kappa shape index (κ1) is 17.4. The van der Waals surface area contributed by atoms with E-state index >= 15 is 0 Å². The summed E-state index contributed by atoms with van der Waals surface area (Å²) in [5.41, 5.74) is 2.93. The maximum Gasteiger partial charge on any atom is 0.231 e. The molecule has 0 radical (unpaired) electrons. The second-order valence-corrected chi connectivity index (χ2v) is 6.89. The average molecular weight is 366 g/mol. The highest BCUT2D eigenvalue weighted by atomic mass is 16.7. The number of benzene rings is 2. The van der Waals surface area contributed by atoms with Gasteiger partial charge in [0.1, 0.15) is 0 Å². The zero-order chi connectivity index (χ0) is 18.8. The van der Waals surface area contributed by atoms with Crippen LogP contribution in [0.4, 0.5) is 5.69 Å². The largest absolute Gasteiger partial charge is 0.454 e. The lowest BCUT2D eigenvalue weighted by Crippen LogP contribution is -2.27. The van der Waals surface area contributed by atoms with Crippen LogP contribution < -0.4 is 20.1 Å². The SMILES string of the molecule is CCc1ccc(NC(=O)C2CC2C(=O)NCc2ccc3c(c2)OCO3)cc1. The summed E-state index contributed by atoms with van der Waals surface area (Å²) in [7, 11) is 0. The second-order valence-electron chi connectivity index (χ2n) is 6.89. The first-order chi connectivity index (χ1) is 13.1. The fourth-order valence-electron chi connectivity index (χ4n) is 3.20. The summed E-state index contributed by atoms with van der Waals surface area (Å²) in [5.74, 6) is 0.716. The van der Waals surface area contributed by atoms with Crippen LogP contribution in [0, 0.1) is 11.8 Å². The Morgan fingerprint density at radius 2 is 1.67 bits per heavy atom. The van der Waals surface area contributed by atoms with Gasteiger partial charge in [0.15, 0.2) is 11.5 Å². The van der Waals surface area contributed by atoms with Gasteiger partial charge in [0.05, 0.1) is 11.8 Å². The molecule has 0 spiro atoms. The van der Waals surface area contributed by atoms with Crippen molar-refractivity contribution in [2.75, 3.05) is 12.1 Å². The van der Waals surface area contributed by atoms with Gasteiger partial charge in [-0.1, -0.05) is 25.1 Å². The molecular weight excluding hydrogens is 344 g/mol. The van der Waals surface area contributed by atoms with E-state index in [9.17, 15) is 9.59 Å². The van der Waals surface area contributed by atoms with Crippen LogP contribution in [0.1, 0.15) is 24.5 Å². The number of rotatable bonds is 6. The van der Waals surface area contributed by atoms with Crippen molar-refractivity contribution < 1.29 is 19.1 Å². The van der Waals surface area contributed by atoms with Crippen LogP contribution in [0.3, 0.4) is 0 Å². The molecule has 2 amide bonds. The Morgan fingerprint density at radius 1 is 0.963 bits per heavy atom. The predicted molar refractivity (Wildman–Crippen MR) is 100 cm³/mol. The molecule has 0 aromatic heterocycles. The summed E-state index contributed by atoms with van der Waals surface area (Å²) in [6, 6.07) is 13.4. The minimum absolute atomic E-state index is 0.0888. The topological polar surface area (TPSA) is 76.7 Å². The molecule has 1 heterocycles. The number of hydrogen-bond donors (Lipinski definition) is 2. The highest BCUT2D eigenvalue weighted by molar-refractivity contribution is 5.99. The number of nitrogens with one attached hydrogen (secondary N) is 2. The molecule has 1 aliphatic carbocycles. The monoisotopic (exact) mass is 366 g/mol. The zero-order valence-electron chi connectivity index (χ0n) is 15.2. The predicted octanol–water partition coefficient (Wildman–Crippen LogP) is 2.87. The molecule has 1 aliphatic heterocycles. The van der Waals surface area contributed by atoms with Crippen LogP contribution in [0.5, 0.6) is 11.5 Å². The average Bonchev–Trinajstić information content (AvgIpc) is 3.37. The van der Waals surface area contributed by atoms with Crippen LogP contribution >= 0.6 is 0 Å². The fourth-order valence-corrected chi connectivity index (χ4v) is 3.20. The summed E-state index contributed by atoms with van der Waals surface area (Å²) in [4.78, 5) is 24.6. The van der Waals surface area contributed by atoms with Crippen LogP contribution in [0.25, 0.3) is 0 Å². The van der Waals surface area contributed by atoms with Crippen LogP contribution in [-0.4, -0.2) is 18.6 Å². The molecule has 1 fully saturated rings. The highest BCUT2D eigenvalue weighted by Gasteiger charge is 2.47. The van der Waals surface area contributed by atoms with E-state index in [1.54, 1.807) is 0 Å². The van der Waals surface area contributed by atoms with Gasteiger partial charge in [0.2, 0.25) is 18.6 Å². The summed E-state index contributed by atoms with van der Waals surface area (Å²) >= 11 is 0. The molecule has 2 atom stereocenters. The zero-order valence-corrected chi connectivity index (χ0v) is 15.2. The van der Waals surface area contributed by atoms with Gasteiger partial charge < -0.3 is 20.1 Å². The Bertz CT molecular complexity index is 863. The lowest BCUT2D eigenvalue weighted by Gasteiger charge is -2.07. The van der Waals surface area contributed by atoms with E-state index < -0.39 is 0 Å². The van der Waals surface area contributed by atoms with Crippen molar-refractivity contribution in [2.24, 2.45) is 11.8 Å². The minimum atomic E-state index is -0.257. The number of fused-ring (bicyclic) bond motifs is 1. The van der Waals surface area contributed by atoms with Gasteiger partial charge >= 0.3 is 0 Å². The van der Waals surface area contributed by atoms with E-state index in [2.05, 4.69) is 17.6 Å². The molecule has 2 aromatic carbocycles. The summed E-state index contributed by atoms with van der Waals surface area (Å²) < 4.78 is 10.6. The van der Waals surface area contributed by atoms with E-state index in [0.717, 1.165) is 23.4 Å². The van der Waals surface area contributed by atoms with Gasteiger partial charge in [-0.25, -0.2) is 0 Å². The molecule has 6 heteroatoms. The number of ether oxygens (including phenoxy) is 2. The van der Waals surface area contributed by atoms with Crippen LogP contribution in [0.2, 0.25) is 0 Å². The summed E-state index contributed by atoms with van der Waals surface area (Å²) in [5, 5.41) is 5.79. The molecule has 4 rings (SSSR count). The molecule has 2 aromatic rings. The Kier molecular flexibility index (Phi) is 4.71. The lowest BCUT2D eigenvalue weighted by molar-refractivity contribution is -0.125. The normalized spacial score (nSPS) is 19.4. The summed E-state index contributed by atoms with van der Waals surface area (Å²) in [6.07, 6.45) is 1.55. The van der Waals surface area contributed by atoms with Crippen molar-refractivity contribution in [3.63, 3.8) is 0 Å². The van der Waals surface area contributed by atoms with E-state index in [-0.39, 0.29) is 30.4 Å². The van der Waals surface area contributed by atoms with Crippen molar-refractivity contribution in [1.29, 1.82) is 0 Å². The summed E-state index contributed by atoms with van der Waals surface area (Å²) in [6.45, 7) is 2.72. The number of hydrogen-bond acceptors (Lipinski definition) is 4. The Hall–Kier alpha value is -3.02. The third-order valence-corrected chi connectivity index (χ3v) is 5.00. The van der Waals surface area contributed by atoms with Crippen LogP contribution in [0.15, 0.2) is 42.5 Å². The van der Waals surface area contributed by atoms with E-state index in [1.165, 1.54) is 5.56 Å². The first-order valence-electron chi connectivity index (χ1n) is 9.20. The first-order valence-corrected chi connectivity index (χ1v) is 9.20. The fraction of sp³-hybridized carbons (Fsp3) is 0.333. The Balaban J connectivity index is 1.26. The smallest absolute Gasteiger partial charge is 0.231 e. The Morgan fingerprint density at radius 3 is 2.44 bits per heavy atom.